The van der Waals surface area contributed by atoms with Crippen molar-refractivity contribution in [1.29, 1.82) is 0 Å². The Kier molecular flexibility index (Phi) is 4.16. The van der Waals surface area contributed by atoms with Gasteiger partial charge in [0.15, 0.2) is 5.65 Å². The van der Waals surface area contributed by atoms with Crippen LogP contribution in [0.15, 0.2) is 33.8 Å². The third-order valence-electron chi connectivity index (χ3n) is 5.89. The van der Waals surface area contributed by atoms with Gasteiger partial charge >= 0.3 is 0 Å². The van der Waals surface area contributed by atoms with E-state index in [1.54, 1.807) is 10.8 Å². The highest BCUT2D eigenvalue weighted by Gasteiger charge is 2.24. The summed E-state index contributed by atoms with van der Waals surface area (Å²) in [6.45, 7) is 9.23. The van der Waals surface area contributed by atoms with Crippen LogP contribution in [0.5, 0.6) is 0 Å². The summed E-state index contributed by atoms with van der Waals surface area (Å²) in [6, 6.07) is 3.81. The van der Waals surface area contributed by atoms with Gasteiger partial charge in [-0.1, -0.05) is 0 Å². The van der Waals surface area contributed by atoms with Crippen LogP contribution in [0, 0.1) is 13.8 Å². The lowest BCUT2D eigenvalue weighted by molar-refractivity contribution is 0.241. The van der Waals surface area contributed by atoms with Crippen LogP contribution in [0.3, 0.4) is 0 Å². The number of hydrogen-bond donors (Lipinski definition) is 1. The number of hydrogen-bond acceptors (Lipinski definition) is 5. The van der Waals surface area contributed by atoms with Crippen LogP contribution >= 0.6 is 0 Å². The molecule has 4 aromatic heterocycles. The Bertz CT molecular complexity index is 1260. The van der Waals surface area contributed by atoms with Crippen molar-refractivity contribution in [3.05, 3.63) is 63.2 Å². The average molecular weight is 392 g/mol. The number of furan rings is 1. The maximum absolute atomic E-state index is 13.2. The van der Waals surface area contributed by atoms with Gasteiger partial charge in [0.1, 0.15) is 5.76 Å². The lowest BCUT2D eigenvalue weighted by atomic mass is 10.1. The van der Waals surface area contributed by atoms with Crippen LogP contribution in [0.2, 0.25) is 0 Å². The van der Waals surface area contributed by atoms with Crippen LogP contribution in [0.4, 0.5) is 0 Å². The predicted octanol–water partition coefficient (Wildman–Crippen LogP) is 2.67. The topological polar surface area (TPSA) is 84.4 Å². The van der Waals surface area contributed by atoms with Crippen LogP contribution in [0.25, 0.3) is 16.9 Å². The molecule has 8 heteroatoms. The zero-order valence-electron chi connectivity index (χ0n) is 16.9. The summed E-state index contributed by atoms with van der Waals surface area (Å²) in [7, 11) is 0. The number of rotatable bonds is 4. The van der Waals surface area contributed by atoms with Crippen molar-refractivity contribution in [2.75, 3.05) is 6.54 Å². The van der Waals surface area contributed by atoms with Gasteiger partial charge in [-0.15, -0.1) is 0 Å². The van der Waals surface area contributed by atoms with Gasteiger partial charge in [0.05, 0.1) is 29.4 Å². The second-order valence-corrected chi connectivity index (χ2v) is 7.63. The molecule has 0 aliphatic carbocycles. The number of aromatic nitrogens is 5. The minimum Gasteiger partial charge on any atom is -0.469 e. The van der Waals surface area contributed by atoms with E-state index < -0.39 is 0 Å². The molecule has 5 rings (SSSR count). The second-order valence-electron chi connectivity index (χ2n) is 7.63. The Morgan fingerprint density at radius 1 is 1.31 bits per heavy atom. The highest BCUT2D eigenvalue weighted by molar-refractivity contribution is 5.65. The van der Waals surface area contributed by atoms with E-state index in [1.807, 2.05) is 29.9 Å². The molecule has 1 aliphatic rings. The van der Waals surface area contributed by atoms with Gasteiger partial charge < -0.3 is 4.42 Å². The van der Waals surface area contributed by atoms with Gasteiger partial charge in [-0.05, 0) is 26.8 Å². The van der Waals surface area contributed by atoms with Crippen LogP contribution in [-0.2, 0) is 26.1 Å². The molecular weight excluding hydrogens is 368 g/mol. The molecular formula is C21H24N6O2. The molecule has 0 spiro atoms. The average Bonchev–Trinajstić information content (AvgIpc) is 3.42. The number of aromatic amines is 1. The molecule has 5 heterocycles. The molecule has 4 aromatic rings. The van der Waals surface area contributed by atoms with Crippen molar-refractivity contribution in [1.82, 2.24) is 29.3 Å². The molecule has 0 unspecified atom stereocenters. The zero-order chi connectivity index (χ0) is 20.1. The first-order chi connectivity index (χ1) is 14.0. The Morgan fingerprint density at radius 3 is 2.90 bits per heavy atom. The zero-order valence-corrected chi connectivity index (χ0v) is 16.9. The second kappa shape index (κ2) is 6.73. The van der Waals surface area contributed by atoms with Gasteiger partial charge in [-0.25, -0.2) is 9.50 Å². The predicted molar refractivity (Wildman–Crippen MR) is 109 cm³/mol. The smallest absolute Gasteiger partial charge is 0.277 e. The lowest BCUT2D eigenvalue weighted by Crippen LogP contribution is -2.36. The van der Waals surface area contributed by atoms with E-state index in [4.69, 9.17) is 9.40 Å². The summed E-state index contributed by atoms with van der Waals surface area (Å²) in [6.07, 6.45) is 4.36. The van der Waals surface area contributed by atoms with Crippen molar-refractivity contribution >= 4 is 5.65 Å². The molecule has 0 saturated carbocycles. The van der Waals surface area contributed by atoms with E-state index in [9.17, 15) is 4.79 Å². The fourth-order valence-corrected chi connectivity index (χ4v) is 4.17. The molecule has 150 valence electrons. The van der Waals surface area contributed by atoms with Gasteiger partial charge in [0, 0.05) is 55.5 Å². The highest BCUT2D eigenvalue weighted by atomic mass is 16.3. The summed E-state index contributed by atoms with van der Waals surface area (Å²) < 4.78 is 8.95. The van der Waals surface area contributed by atoms with Crippen LogP contribution in [0.1, 0.15) is 35.2 Å². The Balaban J connectivity index is 1.48. The minimum absolute atomic E-state index is 0.0249. The Morgan fingerprint density at radius 2 is 2.17 bits per heavy atom. The fourth-order valence-electron chi connectivity index (χ4n) is 4.17. The summed E-state index contributed by atoms with van der Waals surface area (Å²) in [5.41, 5.74) is 6.48. The van der Waals surface area contributed by atoms with E-state index >= 15 is 0 Å². The van der Waals surface area contributed by atoms with Crippen molar-refractivity contribution < 1.29 is 4.42 Å². The van der Waals surface area contributed by atoms with Crippen molar-refractivity contribution in [2.45, 2.75) is 46.8 Å². The van der Waals surface area contributed by atoms with Gasteiger partial charge in [-0.3, -0.25) is 19.5 Å². The first kappa shape index (κ1) is 17.9. The van der Waals surface area contributed by atoms with E-state index in [2.05, 4.69) is 28.9 Å². The van der Waals surface area contributed by atoms with Gasteiger partial charge in [0.25, 0.3) is 5.56 Å². The lowest BCUT2D eigenvalue weighted by Gasteiger charge is -2.27. The van der Waals surface area contributed by atoms with Crippen molar-refractivity contribution in [3.8, 4) is 11.3 Å². The third-order valence-corrected chi connectivity index (χ3v) is 5.89. The molecule has 1 N–H and O–H groups in total. The van der Waals surface area contributed by atoms with Gasteiger partial charge in [-0.2, -0.15) is 5.10 Å². The maximum atomic E-state index is 13.2. The summed E-state index contributed by atoms with van der Waals surface area (Å²) in [4.78, 5) is 20.3. The molecule has 0 saturated heterocycles. The Labute approximate surface area is 167 Å². The quantitative estimate of drug-likeness (QED) is 0.577. The van der Waals surface area contributed by atoms with Crippen LogP contribution < -0.4 is 5.56 Å². The molecule has 1 aliphatic heterocycles. The summed E-state index contributed by atoms with van der Waals surface area (Å²) in [5, 5.41) is 7.63. The minimum atomic E-state index is -0.0249. The largest absolute Gasteiger partial charge is 0.469 e. The van der Waals surface area contributed by atoms with Crippen LogP contribution in [-0.4, -0.2) is 35.8 Å². The number of H-pyrrole nitrogens is 1. The third kappa shape index (κ3) is 2.91. The molecule has 0 aromatic carbocycles. The molecule has 0 amide bonds. The monoisotopic (exact) mass is 392 g/mol. The molecule has 0 radical (unpaired) electrons. The number of fused-ring (bicyclic) bond motifs is 2. The summed E-state index contributed by atoms with van der Waals surface area (Å²) >= 11 is 0. The molecule has 0 fully saturated rings. The van der Waals surface area contributed by atoms with E-state index in [0.717, 1.165) is 54.3 Å². The standard InChI is InChI=1S/C21H24N6O2/c1-4-26-13(2)15(10-22-26)11-25-7-5-18-17(12-25)21(28)27-20(23-18)9-19(24-27)16-6-8-29-14(16)3/h6,8-10,24H,4-5,7,11-12H2,1-3H3. The first-order valence-corrected chi connectivity index (χ1v) is 9.96. The molecule has 0 atom stereocenters. The number of nitrogens with zero attached hydrogens (tertiary/aromatic N) is 5. The van der Waals surface area contributed by atoms with E-state index in [1.165, 1.54) is 11.3 Å². The van der Waals surface area contributed by atoms with E-state index in [-0.39, 0.29) is 5.56 Å². The van der Waals surface area contributed by atoms with Crippen molar-refractivity contribution in [3.63, 3.8) is 0 Å². The SMILES string of the molecule is CCn1ncc(CN2CCc3nc4cc(-c5ccoc5C)[nH]n4c(=O)c3C2)c1C. The number of nitrogens with one attached hydrogen (secondary N) is 1. The van der Waals surface area contributed by atoms with Crippen molar-refractivity contribution in [2.24, 2.45) is 0 Å². The molecule has 0 bridgehead atoms. The molecule has 29 heavy (non-hydrogen) atoms. The Hall–Kier alpha value is -3.13. The van der Waals surface area contributed by atoms with Gasteiger partial charge in [0.2, 0.25) is 0 Å². The summed E-state index contributed by atoms with van der Waals surface area (Å²) in [5.74, 6) is 0.809. The fraction of sp³-hybridized carbons (Fsp3) is 0.381. The van der Waals surface area contributed by atoms with E-state index in [0.29, 0.717) is 12.2 Å². The number of aryl methyl sites for hydroxylation is 2. The molecule has 8 nitrogen and oxygen atoms in total. The normalized spacial score (nSPS) is 14.6. The first-order valence-electron chi connectivity index (χ1n) is 9.96. The maximum Gasteiger partial charge on any atom is 0.277 e. The highest BCUT2D eigenvalue weighted by Crippen LogP contribution is 2.24.